The first-order valence-electron chi connectivity index (χ1n) is 8.60. The third-order valence-corrected chi connectivity index (χ3v) is 5.26. The molecule has 2 rings (SSSR count). The van der Waals surface area contributed by atoms with Gasteiger partial charge in [0, 0.05) is 5.92 Å². The number of ether oxygens (including phenoxy) is 2. The molecule has 26 heavy (non-hydrogen) atoms. The summed E-state index contributed by atoms with van der Waals surface area (Å²) in [6, 6.07) is 6.27. The molecule has 7 nitrogen and oxygen atoms in total. The van der Waals surface area contributed by atoms with Crippen LogP contribution in [0.3, 0.4) is 0 Å². The van der Waals surface area contributed by atoms with Crippen molar-refractivity contribution in [3.05, 3.63) is 29.8 Å². The smallest absolute Gasteiger partial charge is 0.407 e. The summed E-state index contributed by atoms with van der Waals surface area (Å²) >= 11 is 0. The van der Waals surface area contributed by atoms with E-state index in [-0.39, 0.29) is 23.5 Å². The lowest BCUT2D eigenvalue weighted by Gasteiger charge is -2.23. The average molecular weight is 385 g/mol. The highest BCUT2D eigenvalue weighted by atomic mass is 32.2. The van der Waals surface area contributed by atoms with E-state index in [1.54, 1.807) is 32.9 Å². The lowest BCUT2D eigenvalue weighted by Crippen LogP contribution is -2.43. The lowest BCUT2D eigenvalue weighted by atomic mass is 10.0. The second kappa shape index (κ2) is 8.37. The maximum absolute atomic E-state index is 12.2. The first-order chi connectivity index (χ1) is 12.1. The van der Waals surface area contributed by atoms with E-state index in [9.17, 15) is 13.2 Å². The normalized spacial score (nSPS) is 20.8. The van der Waals surface area contributed by atoms with Gasteiger partial charge in [0.15, 0.2) is 0 Å². The van der Waals surface area contributed by atoms with E-state index in [1.807, 2.05) is 6.92 Å². The molecule has 146 valence electrons. The number of carbonyl (C=O) groups is 1. The number of amides is 1. The minimum Gasteiger partial charge on any atom is -0.444 e. The first-order valence-corrected chi connectivity index (χ1v) is 10.0. The van der Waals surface area contributed by atoms with Crippen LogP contribution in [0.1, 0.15) is 32.8 Å². The van der Waals surface area contributed by atoms with E-state index in [1.165, 1.54) is 12.1 Å². The van der Waals surface area contributed by atoms with Gasteiger partial charge in [-0.3, -0.25) is 4.18 Å². The number of hydrogen-bond acceptors (Lipinski definition) is 6. The molecule has 0 radical (unpaired) electrons. The van der Waals surface area contributed by atoms with Gasteiger partial charge in [-0.2, -0.15) is 8.42 Å². The van der Waals surface area contributed by atoms with Crippen LogP contribution in [-0.2, 0) is 23.8 Å². The van der Waals surface area contributed by atoms with E-state index >= 15 is 0 Å². The number of alkyl carbamates (subject to hydrolysis) is 1. The van der Waals surface area contributed by atoms with Crippen LogP contribution < -0.4 is 5.32 Å². The molecule has 1 aliphatic rings. The van der Waals surface area contributed by atoms with Crippen molar-refractivity contribution in [2.24, 2.45) is 5.92 Å². The fraction of sp³-hybridized carbons (Fsp3) is 0.611. The first kappa shape index (κ1) is 20.7. The van der Waals surface area contributed by atoms with Crippen molar-refractivity contribution in [2.75, 3.05) is 19.8 Å². The van der Waals surface area contributed by atoms with Crippen LogP contribution in [0, 0.1) is 12.8 Å². The molecule has 2 atom stereocenters. The number of nitrogens with one attached hydrogen (secondary N) is 1. The molecule has 1 fully saturated rings. The summed E-state index contributed by atoms with van der Waals surface area (Å²) in [5.41, 5.74) is 0.396. The molecule has 0 aromatic heterocycles. The highest BCUT2D eigenvalue weighted by Crippen LogP contribution is 2.20. The topological polar surface area (TPSA) is 90.9 Å². The summed E-state index contributed by atoms with van der Waals surface area (Å²) in [6.07, 6.45) is -0.0582. The zero-order valence-electron chi connectivity index (χ0n) is 15.7. The quantitative estimate of drug-likeness (QED) is 0.757. The van der Waals surface area contributed by atoms with Gasteiger partial charge in [0.2, 0.25) is 0 Å². The predicted molar refractivity (Wildman–Crippen MR) is 96.4 cm³/mol. The van der Waals surface area contributed by atoms with Gasteiger partial charge < -0.3 is 14.8 Å². The van der Waals surface area contributed by atoms with Crippen molar-refractivity contribution < 1.29 is 26.9 Å². The van der Waals surface area contributed by atoms with E-state index in [4.69, 9.17) is 13.7 Å². The SMILES string of the molecule is Cc1ccc(S(=O)(=O)OCC[C@H]2COC[C@@H]2NC(=O)OC(C)(C)C)cc1. The molecule has 1 heterocycles. The molecule has 0 unspecified atom stereocenters. The standard InChI is InChI=1S/C18H27NO6S/c1-13-5-7-15(8-6-13)26(21,22)24-10-9-14-11-23-12-16(14)19-17(20)25-18(2,3)4/h5-8,14,16H,9-12H2,1-4H3,(H,19,20)/t14-,16-/m0/s1. The largest absolute Gasteiger partial charge is 0.444 e. The van der Waals surface area contributed by atoms with Crippen LogP contribution in [0.15, 0.2) is 29.2 Å². The van der Waals surface area contributed by atoms with Crippen molar-refractivity contribution in [3.8, 4) is 0 Å². The maximum Gasteiger partial charge on any atom is 0.407 e. The predicted octanol–water partition coefficient (Wildman–Crippen LogP) is 2.63. The fourth-order valence-corrected chi connectivity index (χ4v) is 3.50. The molecule has 1 aliphatic heterocycles. The Balaban J connectivity index is 1.84. The molecular weight excluding hydrogens is 358 g/mol. The van der Waals surface area contributed by atoms with Gasteiger partial charge in [0.25, 0.3) is 10.1 Å². The molecule has 1 aromatic carbocycles. The van der Waals surface area contributed by atoms with Crippen molar-refractivity contribution in [1.82, 2.24) is 5.32 Å². The molecule has 1 N–H and O–H groups in total. The summed E-state index contributed by atoms with van der Waals surface area (Å²) in [7, 11) is -3.79. The van der Waals surface area contributed by atoms with Gasteiger partial charge in [-0.15, -0.1) is 0 Å². The van der Waals surface area contributed by atoms with E-state index in [2.05, 4.69) is 5.32 Å². The Morgan fingerprint density at radius 1 is 1.23 bits per heavy atom. The van der Waals surface area contributed by atoms with Gasteiger partial charge in [0.05, 0.1) is 30.8 Å². The molecular formula is C18H27NO6S. The van der Waals surface area contributed by atoms with Crippen LogP contribution in [0.2, 0.25) is 0 Å². The second-order valence-corrected chi connectivity index (χ2v) is 9.04. The fourth-order valence-electron chi connectivity index (χ4n) is 2.58. The van der Waals surface area contributed by atoms with Crippen LogP contribution >= 0.6 is 0 Å². The van der Waals surface area contributed by atoms with Gasteiger partial charge in [-0.1, -0.05) is 17.7 Å². The highest BCUT2D eigenvalue weighted by molar-refractivity contribution is 7.86. The molecule has 1 aromatic rings. The van der Waals surface area contributed by atoms with Gasteiger partial charge in [-0.25, -0.2) is 4.79 Å². The Hall–Kier alpha value is -1.64. The third-order valence-electron chi connectivity index (χ3n) is 3.94. The van der Waals surface area contributed by atoms with Crippen LogP contribution in [0.25, 0.3) is 0 Å². The maximum atomic E-state index is 12.2. The molecule has 1 saturated heterocycles. The third kappa shape index (κ3) is 6.26. The molecule has 1 amide bonds. The summed E-state index contributed by atoms with van der Waals surface area (Å²) in [5.74, 6) is -0.0317. The van der Waals surface area contributed by atoms with Crippen LogP contribution in [-0.4, -0.2) is 46.0 Å². The molecule has 8 heteroatoms. The summed E-state index contributed by atoms with van der Waals surface area (Å²) in [5, 5.41) is 2.78. The van der Waals surface area contributed by atoms with Crippen molar-refractivity contribution in [2.45, 2.75) is 50.7 Å². The summed E-state index contributed by atoms with van der Waals surface area (Å²) in [4.78, 5) is 12.0. The minimum atomic E-state index is -3.79. The number of carbonyl (C=O) groups excluding carboxylic acids is 1. The Kier molecular flexibility index (Phi) is 6.65. The van der Waals surface area contributed by atoms with E-state index in [0.717, 1.165) is 5.56 Å². The van der Waals surface area contributed by atoms with Crippen LogP contribution in [0.5, 0.6) is 0 Å². The zero-order valence-corrected chi connectivity index (χ0v) is 16.5. The summed E-state index contributed by atoms with van der Waals surface area (Å²) in [6.45, 7) is 8.09. The number of hydrogen-bond donors (Lipinski definition) is 1. The van der Waals surface area contributed by atoms with Gasteiger partial charge in [-0.05, 0) is 46.2 Å². The van der Waals surface area contributed by atoms with Crippen LogP contribution in [0.4, 0.5) is 4.79 Å². The number of rotatable bonds is 6. The number of benzene rings is 1. The molecule has 0 spiro atoms. The van der Waals surface area contributed by atoms with Crippen molar-refractivity contribution in [1.29, 1.82) is 0 Å². The number of aryl methyl sites for hydroxylation is 1. The minimum absolute atomic E-state index is 0.0245. The highest BCUT2D eigenvalue weighted by Gasteiger charge is 2.31. The lowest BCUT2D eigenvalue weighted by molar-refractivity contribution is 0.0489. The van der Waals surface area contributed by atoms with Crippen molar-refractivity contribution >= 4 is 16.2 Å². The Bertz CT molecular complexity index is 708. The Morgan fingerprint density at radius 2 is 1.88 bits per heavy atom. The van der Waals surface area contributed by atoms with Crippen molar-refractivity contribution in [3.63, 3.8) is 0 Å². The van der Waals surface area contributed by atoms with E-state index in [0.29, 0.717) is 19.6 Å². The summed E-state index contributed by atoms with van der Waals surface area (Å²) < 4.78 is 40.2. The Labute approximate surface area is 155 Å². The van der Waals surface area contributed by atoms with Gasteiger partial charge in [0.1, 0.15) is 5.60 Å². The average Bonchev–Trinajstić information content (AvgIpc) is 2.92. The van der Waals surface area contributed by atoms with E-state index < -0.39 is 21.8 Å². The zero-order chi connectivity index (χ0) is 19.4. The molecule has 0 saturated carbocycles. The Morgan fingerprint density at radius 3 is 2.50 bits per heavy atom. The van der Waals surface area contributed by atoms with Gasteiger partial charge >= 0.3 is 6.09 Å². The second-order valence-electron chi connectivity index (χ2n) is 7.43. The molecule has 0 aliphatic carbocycles. The monoisotopic (exact) mass is 385 g/mol. The molecule has 0 bridgehead atoms.